The number of pyridine rings is 1. The van der Waals surface area contributed by atoms with Crippen molar-refractivity contribution in [3.05, 3.63) is 87.7 Å². The van der Waals surface area contributed by atoms with Crippen molar-refractivity contribution in [1.82, 2.24) is 20.5 Å². The highest BCUT2D eigenvalue weighted by molar-refractivity contribution is 7.92. The van der Waals surface area contributed by atoms with Crippen LogP contribution in [0.3, 0.4) is 0 Å². The lowest BCUT2D eigenvalue weighted by molar-refractivity contribution is 0.0954. The van der Waals surface area contributed by atoms with Gasteiger partial charge in [-0.15, -0.1) is 0 Å². The number of aryl methyl sites for hydroxylation is 2. The second-order valence-electron chi connectivity index (χ2n) is 7.75. The molecule has 0 aliphatic heterocycles. The predicted octanol–water partition coefficient (Wildman–Crippen LogP) is 2.86. The lowest BCUT2D eigenvalue weighted by atomic mass is 10.1. The van der Waals surface area contributed by atoms with Gasteiger partial charge >= 0.3 is 0 Å². The molecule has 4 N–H and O–H groups in total. The van der Waals surface area contributed by atoms with Crippen molar-refractivity contribution >= 4 is 32.5 Å². The smallest absolute Gasteiger partial charge is 0.261 e. The number of hydrogen-bond donors (Lipinski definition) is 4. The van der Waals surface area contributed by atoms with E-state index in [4.69, 9.17) is 0 Å². The Morgan fingerprint density at radius 2 is 1.88 bits per heavy atom. The highest BCUT2D eigenvalue weighted by Crippen LogP contribution is 2.22. The van der Waals surface area contributed by atoms with E-state index in [1.165, 1.54) is 30.3 Å². The average molecular weight is 484 g/mol. The number of hydrogen-bond acceptors (Lipinski definition) is 5. The Morgan fingerprint density at radius 3 is 2.59 bits per heavy atom. The molecule has 0 bridgehead atoms. The summed E-state index contributed by atoms with van der Waals surface area (Å²) in [4.78, 5) is 27.4. The molecule has 4 rings (SSSR count). The van der Waals surface area contributed by atoms with Gasteiger partial charge in [-0.25, -0.2) is 12.8 Å². The first-order valence-corrected chi connectivity index (χ1v) is 11.9. The van der Waals surface area contributed by atoms with E-state index in [1.54, 1.807) is 6.20 Å². The SMILES string of the molecule is Cc1[nH]ncc1CCCNC(=O)c1cc(=O)[nH]c2ccc(S(=O)(=O)Nc3ccc(F)cc3)cc12. The third kappa shape index (κ3) is 5.15. The highest BCUT2D eigenvalue weighted by Gasteiger charge is 2.18. The molecule has 0 radical (unpaired) electrons. The average Bonchev–Trinajstić information content (AvgIpc) is 3.21. The van der Waals surface area contributed by atoms with Gasteiger partial charge in [0.15, 0.2) is 0 Å². The zero-order chi connectivity index (χ0) is 24.3. The van der Waals surface area contributed by atoms with Crippen LogP contribution in [0.2, 0.25) is 0 Å². The number of anilines is 1. The molecule has 0 unspecified atom stereocenters. The summed E-state index contributed by atoms with van der Waals surface area (Å²) in [6, 6.07) is 10.1. The van der Waals surface area contributed by atoms with Crippen molar-refractivity contribution in [2.45, 2.75) is 24.7 Å². The van der Waals surface area contributed by atoms with Crippen molar-refractivity contribution in [2.75, 3.05) is 11.3 Å². The first kappa shape index (κ1) is 23.2. The molecule has 4 aromatic rings. The summed E-state index contributed by atoms with van der Waals surface area (Å²) < 4.78 is 41.2. The van der Waals surface area contributed by atoms with Gasteiger partial charge in [0.25, 0.3) is 15.9 Å². The minimum Gasteiger partial charge on any atom is -0.352 e. The maximum Gasteiger partial charge on any atom is 0.261 e. The molecule has 11 heteroatoms. The Bertz CT molecular complexity index is 1510. The van der Waals surface area contributed by atoms with Gasteiger partial charge in [-0.1, -0.05) is 0 Å². The fourth-order valence-corrected chi connectivity index (χ4v) is 4.61. The molecule has 2 aromatic heterocycles. The van der Waals surface area contributed by atoms with E-state index in [-0.39, 0.29) is 21.5 Å². The van der Waals surface area contributed by atoms with E-state index in [0.29, 0.717) is 18.5 Å². The van der Waals surface area contributed by atoms with Gasteiger partial charge in [0.05, 0.1) is 16.7 Å². The van der Waals surface area contributed by atoms with E-state index >= 15 is 0 Å². The number of rotatable bonds is 8. The molecule has 9 nitrogen and oxygen atoms in total. The van der Waals surface area contributed by atoms with Gasteiger partial charge in [-0.3, -0.25) is 19.4 Å². The second kappa shape index (κ2) is 9.48. The van der Waals surface area contributed by atoms with Crippen LogP contribution in [0.4, 0.5) is 10.1 Å². The molecule has 176 valence electrons. The molecule has 0 aliphatic rings. The van der Waals surface area contributed by atoms with Gasteiger partial charge in [0, 0.05) is 34.9 Å². The molecular weight excluding hydrogens is 461 g/mol. The maximum atomic E-state index is 13.1. The zero-order valence-electron chi connectivity index (χ0n) is 18.2. The summed E-state index contributed by atoms with van der Waals surface area (Å²) in [5.74, 6) is -0.978. The molecule has 0 saturated heterocycles. The molecule has 0 fully saturated rings. The summed E-state index contributed by atoms with van der Waals surface area (Å²) in [6.07, 6.45) is 3.12. The number of H-pyrrole nitrogens is 2. The minimum atomic E-state index is -4.03. The third-order valence-corrected chi connectivity index (χ3v) is 6.69. The number of nitrogens with zero attached hydrogens (tertiary/aromatic N) is 1. The molecule has 2 aromatic carbocycles. The molecule has 0 saturated carbocycles. The summed E-state index contributed by atoms with van der Waals surface area (Å²) in [5, 5.41) is 9.89. The topological polar surface area (TPSA) is 137 Å². The highest BCUT2D eigenvalue weighted by atomic mass is 32.2. The largest absolute Gasteiger partial charge is 0.352 e. The van der Waals surface area contributed by atoms with Crippen LogP contribution >= 0.6 is 0 Å². The zero-order valence-corrected chi connectivity index (χ0v) is 19.0. The molecule has 0 spiro atoms. The van der Waals surface area contributed by atoms with Crippen LogP contribution in [0, 0.1) is 12.7 Å². The Labute approximate surface area is 194 Å². The van der Waals surface area contributed by atoms with Crippen molar-refractivity contribution < 1.29 is 17.6 Å². The van der Waals surface area contributed by atoms with Crippen LogP contribution in [0.1, 0.15) is 28.0 Å². The molecule has 1 amide bonds. The number of fused-ring (bicyclic) bond motifs is 1. The van der Waals surface area contributed by atoms with Crippen molar-refractivity contribution in [1.29, 1.82) is 0 Å². The van der Waals surface area contributed by atoms with Gasteiger partial charge in [0.2, 0.25) is 5.56 Å². The monoisotopic (exact) mass is 483 g/mol. The molecule has 0 atom stereocenters. The van der Waals surface area contributed by atoms with Crippen LogP contribution in [0.25, 0.3) is 10.9 Å². The van der Waals surface area contributed by atoms with Crippen molar-refractivity contribution in [3.63, 3.8) is 0 Å². The van der Waals surface area contributed by atoms with Crippen molar-refractivity contribution in [3.8, 4) is 0 Å². The second-order valence-corrected chi connectivity index (χ2v) is 9.43. The van der Waals surface area contributed by atoms with Crippen LogP contribution in [0.15, 0.2) is 64.4 Å². The molecule has 0 aliphatic carbocycles. The Kier molecular flexibility index (Phi) is 6.46. The fraction of sp³-hybridized carbons (Fsp3) is 0.174. The third-order valence-electron chi connectivity index (χ3n) is 5.31. The summed E-state index contributed by atoms with van der Waals surface area (Å²) in [7, 11) is -4.03. The number of benzene rings is 2. The standard InChI is InChI=1S/C23H22FN5O4S/c1-14-15(13-26-28-14)3-2-10-25-23(31)20-12-22(30)27-21-9-8-18(11-19(20)21)34(32,33)29-17-6-4-16(24)5-7-17/h4-9,11-13,29H,2-3,10H2,1H3,(H,25,31)(H,26,28)(H,27,30). The van der Waals surface area contributed by atoms with Crippen LogP contribution in [-0.2, 0) is 16.4 Å². The Hall–Kier alpha value is -3.99. The summed E-state index contributed by atoms with van der Waals surface area (Å²) >= 11 is 0. The van der Waals surface area contributed by atoms with Gasteiger partial charge in [0.1, 0.15) is 5.82 Å². The number of aromatic nitrogens is 3. The number of aromatic amines is 2. The van der Waals surface area contributed by atoms with E-state index in [9.17, 15) is 22.4 Å². The van der Waals surface area contributed by atoms with Crippen LogP contribution in [-0.4, -0.2) is 36.1 Å². The van der Waals surface area contributed by atoms with Crippen LogP contribution < -0.4 is 15.6 Å². The van der Waals surface area contributed by atoms with E-state index in [2.05, 4.69) is 25.2 Å². The number of carbonyl (C=O) groups is 1. The lowest BCUT2D eigenvalue weighted by Crippen LogP contribution is -2.26. The predicted molar refractivity (Wildman–Crippen MR) is 126 cm³/mol. The number of sulfonamides is 1. The Morgan fingerprint density at radius 1 is 1.12 bits per heavy atom. The summed E-state index contributed by atoms with van der Waals surface area (Å²) in [6.45, 7) is 2.28. The maximum absolute atomic E-state index is 13.1. The van der Waals surface area contributed by atoms with E-state index in [1.807, 2.05) is 6.92 Å². The molecule has 34 heavy (non-hydrogen) atoms. The minimum absolute atomic E-state index is 0.0667. The summed E-state index contributed by atoms with van der Waals surface area (Å²) in [5.41, 5.74) is 2.12. The van der Waals surface area contributed by atoms with Gasteiger partial charge in [-0.2, -0.15) is 5.10 Å². The van der Waals surface area contributed by atoms with Crippen molar-refractivity contribution in [2.24, 2.45) is 0 Å². The van der Waals surface area contributed by atoms with E-state index in [0.717, 1.165) is 35.9 Å². The fourth-order valence-electron chi connectivity index (χ4n) is 3.52. The quantitative estimate of drug-likeness (QED) is 0.286. The van der Waals surface area contributed by atoms with Gasteiger partial charge < -0.3 is 10.3 Å². The normalized spacial score (nSPS) is 11.5. The molecular formula is C23H22FN5O4S. The number of carbonyl (C=O) groups excluding carboxylic acids is 1. The first-order valence-electron chi connectivity index (χ1n) is 10.5. The van der Waals surface area contributed by atoms with Gasteiger partial charge in [-0.05, 0) is 67.8 Å². The number of halogens is 1. The van der Waals surface area contributed by atoms with Crippen LogP contribution in [0.5, 0.6) is 0 Å². The lowest BCUT2D eigenvalue weighted by Gasteiger charge is -2.11. The van der Waals surface area contributed by atoms with E-state index < -0.39 is 27.3 Å². The number of nitrogens with one attached hydrogen (secondary N) is 4. The molecule has 2 heterocycles. The Balaban J connectivity index is 1.56. The number of amides is 1. The first-order chi connectivity index (χ1) is 16.2.